The van der Waals surface area contributed by atoms with Crippen LogP contribution < -0.4 is 4.74 Å². The maximum absolute atomic E-state index is 14.4. The second kappa shape index (κ2) is 6.35. The number of ether oxygens (including phenoxy) is 1. The summed E-state index contributed by atoms with van der Waals surface area (Å²) in [5.41, 5.74) is 0.473. The first kappa shape index (κ1) is 16.1. The minimum atomic E-state index is -0.834. The third-order valence-electron chi connectivity index (χ3n) is 3.66. The maximum Gasteiger partial charge on any atom is 0.165 e. The third-order valence-corrected chi connectivity index (χ3v) is 3.66. The van der Waals surface area contributed by atoms with E-state index in [0.29, 0.717) is 5.56 Å². The molecule has 0 aliphatic rings. The van der Waals surface area contributed by atoms with Gasteiger partial charge in [0, 0.05) is 0 Å². The van der Waals surface area contributed by atoms with E-state index < -0.39 is 23.3 Å². The van der Waals surface area contributed by atoms with E-state index in [-0.39, 0.29) is 22.4 Å². The molecule has 24 heavy (non-hydrogen) atoms. The Balaban J connectivity index is 2.07. The zero-order valence-electron chi connectivity index (χ0n) is 12.6. The molecule has 0 aliphatic heterocycles. The lowest BCUT2D eigenvalue weighted by Crippen LogP contribution is -1.94. The van der Waals surface area contributed by atoms with Gasteiger partial charge in [0.1, 0.15) is 17.5 Å². The van der Waals surface area contributed by atoms with E-state index in [9.17, 15) is 17.6 Å². The van der Waals surface area contributed by atoms with Crippen molar-refractivity contribution in [3.8, 4) is 28.0 Å². The van der Waals surface area contributed by atoms with Crippen molar-refractivity contribution in [3.63, 3.8) is 0 Å². The number of methoxy groups -OCH3 is 1. The molecular weight excluding hydrogens is 320 g/mol. The third kappa shape index (κ3) is 2.97. The van der Waals surface area contributed by atoms with Crippen molar-refractivity contribution in [2.24, 2.45) is 0 Å². The molecule has 0 bridgehead atoms. The Labute approximate surface area is 136 Å². The van der Waals surface area contributed by atoms with E-state index in [1.54, 1.807) is 0 Å². The molecule has 3 rings (SSSR count). The molecule has 0 saturated heterocycles. The monoisotopic (exact) mass is 332 g/mol. The molecule has 3 aromatic rings. The van der Waals surface area contributed by atoms with Crippen LogP contribution in [0.15, 0.2) is 54.6 Å². The summed E-state index contributed by atoms with van der Waals surface area (Å²) < 4.78 is 60.3. The van der Waals surface area contributed by atoms with Crippen molar-refractivity contribution in [1.29, 1.82) is 0 Å². The van der Waals surface area contributed by atoms with E-state index in [1.807, 2.05) is 0 Å². The van der Waals surface area contributed by atoms with Gasteiger partial charge >= 0.3 is 0 Å². The minimum Gasteiger partial charge on any atom is -0.494 e. The van der Waals surface area contributed by atoms with Crippen molar-refractivity contribution < 1.29 is 22.3 Å². The van der Waals surface area contributed by atoms with Gasteiger partial charge in [-0.25, -0.2) is 17.6 Å². The van der Waals surface area contributed by atoms with E-state index >= 15 is 0 Å². The van der Waals surface area contributed by atoms with Gasteiger partial charge in [-0.15, -0.1) is 0 Å². The predicted molar refractivity (Wildman–Crippen MR) is 83.7 cm³/mol. The van der Waals surface area contributed by atoms with Crippen LogP contribution in [-0.4, -0.2) is 7.11 Å². The summed E-state index contributed by atoms with van der Waals surface area (Å²) in [6.45, 7) is 0. The van der Waals surface area contributed by atoms with Crippen LogP contribution in [0.2, 0.25) is 0 Å². The molecule has 0 radical (unpaired) electrons. The van der Waals surface area contributed by atoms with Gasteiger partial charge in [0.25, 0.3) is 0 Å². The fraction of sp³-hybridized carbons (Fsp3) is 0.0526. The first-order valence-corrected chi connectivity index (χ1v) is 7.08. The highest BCUT2D eigenvalue weighted by Crippen LogP contribution is 2.33. The molecule has 0 N–H and O–H groups in total. The zero-order chi connectivity index (χ0) is 17.3. The summed E-state index contributed by atoms with van der Waals surface area (Å²) in [6, 6.07) is 11.2. The van der Waals surface area contributed by atoms with Gasteiger partial charge in [0.2, 0.25) is 0 Å². The molecule has 0 amide bonds. The molecule has 1 nitrogen and oxygen atoms in total. The molecule has 0 fully saturated rings. The smallest absolute Gasteiger partial charge is 0.165 e. The number of hydrogen-bond donors (Lipinski definition) is 0. The first-order chi connectivity index (χ1) is 11.5. The zero-order valence-corrected chi connectivity index (χ0v) is 12.6. The number of hydrogen-bond acceptors (Lipinski definition) is 1. The van der Waals surface area contributed by atoms with Gasteiger partial charge in [-0.05, 0) is 53.1 Å². The van der Waals surface area contributed by atoms with Gasteiger partial charge in [-0.3, -0.25) is 0 Å². The van der Waals surface area contributed by atoms with Gasteiger partial charge in [-0.2, -0.15) is 0 Å². The molecule has 0 atom stereocenters. The Morgan fingerprint density at radius 3 is 1.71 bits per heavy atom. The Bertz CT molecular complexity index is 865. The lowest BCUT2D eigenvalue weighted by Gasteiger charge is -2.10. The van der Waals surface area contributed by atoms with E-state index in [1.165, 1.54) is 43.5 Å². The maximum atomic E-state index is 14.4. The van der Waals surface area contributed by atoms with E-state index in [4.69, 9.17) is 4.74 Å². The van der Waals surface area contributed by atoms with Gasteiger partial charge in [-0.1, -0.05) is 18.2 Å². The Kier molecular flexibility index (Phi) is 4.25. The quantitative estimate of drug-likeness (QED) is 0.569. The average Bonchev–Trinajstić information content (AvgIpc) is 2.55. The summed E-state index contributed by atoms with van der Waals surface area (Å²) in [7, 11) is 1.30. The minimum absolute atomic E-state index is 0.0116. The summed E-state index contributed by atoms with van der Waals surface area (Å²) >= 11 is 0. The van der Waals surface area contributed by atoms with Crippen LogP contribution in [0.1, 0.15) is 0 Å². The highest BCUT2D eigenvalue weighted by molar-refractivity contribution is 5.72. The van der Waals surface area contributed by atoms with Gasteiger partial charge in [0.15, 0.2) is 11.6 Å². The van der Waals surface area contributed by atoms with Crippen molar-refractivity contribution in [2.75, 3.05) is 7.11 Å². The molecule has 5 heteroatoms. The Morgan fingerprint density at radius 1 is 0.625 bits per heavy atom. The fourth-order valence-electron chi connectivity index (χ4n) is 2.48. The normalized spacial score (nSPS) is 10.7. The molecule has 0 aliphatic carbocycles. The largest absolute Gasteiger partial charge is 0.494 e. The van der Waals surface area contributed by atoms with Crippen molar-refractivity contribution >= 4 is 0 Å². The molecule has 0 unspecified atom stereocenters. The lowest BCUT2D eigenvalue weighted by molar-refractivity contribution is 0.386. The van der Waals surface area contributed by atoms with Crippen LogP contribution >= 0.6 is 0 Å². The van der Waals surface area contributed by atoms with Crippen molar-refractivity contribution in [3.05, 3.63) is 77.9 Å². The van der Waals surface area contributed by atoms with Crippen LogP contribution in [0.5, 0.6) is 5.75 Å². The highest BCUT2D eigenvalue weighted by Gasteiger charge is 2.16. The first-order valence-electron chi connectivity index (χ1n) is 7.08. The number of benzene rings is 3. The molecule has 3 aromatic carbocycles. The average molecular weight is 332 g/mol. The number of rotatable bonds is 3. The SMILES string of the molecule is COc1ccc(-c2c(F)cc(-c3ccc(F)cc3)cc2F)cc1F. The molecule has 0 aromatic heterocycles. The summed E-state index contributed by atoms with van der Waals surface area (Å²) in [4.78, 5) is 0. The fourth-order valence-corrected chi connectivity index (χ4v) is 2.48. The van der Waals surface area contributed by atoms with Gasteiger partial charge in [0.05, 0.1) is 12.7 Å². The van der Waals surface area contributed by atoms with Crippen molar-refractivity contribution in [1.82, 2.24) is 0 Å². The van der Waals surface area contributed by atoms with Crippen LogP contribution in [0.4, 0.5) is 17.6 Å². The highest BCUT2D eigenvalue weighted by atomic mass is 19.1. The summed E-state index contributed by atoms with van der Waals surface area (Å²) in [6.07, 6.45) is 0. The van der Waals surface area contributed by atoms with Crippen LogP contribution in [0.3, 0.4) is 0 Å². The molecule has 0 heterocycles. The van der Waals surface area contributed by atoms with E-state index in [0.717, 1.165) is 18.2 Å². The summed E-state index contributed by atoms with van der Waals surface area (Å²) in [5.74, 6) is -2.83. The summed E-state index contributed by atoms with van der Waals surface area (Å²) in [5, 5.41) is 0. The van der Waals surface area contributed by atoms with E-state index in [2.05, 4.69) is 0 Å². The molecule has 0 spiro atoms. The Hall–Kier alpha value is -2.82. The van der Waals surface area contributed by atoms with Crippen LogP contribution in [0.25, 0.3) is 22.3 Å². The Morgan fingerprint density at radius 2 is 1.17 bits per heavy atom. The van der Waals surface area contributed by atoms with Crippen molar-refractivity contribution in [2.45, 2.75) is 0 Å². The second-order valence-electron chi connectivity index (χ2n) is 5.17. The van der Waals surface area contributed by atoms with Crippen LogP contribution in [-0.2, 0) is 0 Å². The predicted octanol–water partition coefficient (Wildman–Crippen LogP) is 5.59. The molecule has 0 saturated carbocycles. The second-order valence-corrected chi connectivity index (χ2v) is 5.17. The standard InChI is InChI=1S/C19H12F4O/c1-24-18-7-4-12(8-15(18)21)19-16(22)9-13(10-17(19)23)11-2-5-14(20)6-3-11/h2-10H,1H3. The molecular formula is C19H12F4O. The topological polar surface area (TPSA) is 9.23 Å². The lowest BCUT2D eigenvalue weighted by atomic mass is 9.98. The van der Waals surface area contributed by atoms with Gasteiger partial charge < -0.3 is 4.74 Å². The molecule has 122 valence electrons. The number of halogens is 4. The van der Waals surface area contributed by atoms with Crippen LogP contribution in [0, 0.1) is 23.3 Å².